The van der Waals surface area contributed by atoms with Crippen LogP contribution in [0.4, 0.5) is 5.69 Å². The van der Waals surface area contributed by atoms with Crippen molar-refractivity contribution in [2.45, 2.75) is 19.0 Å². The number of rotatable bonds is 1. The number of thiophene rings is 1. The smallest absolute Gasteiger partial charge is 0.136 e. The van der Waals surface area contributed by atoms with Crippen LogP contribution in [0.1, 0.15) is 18.4 Å². The van der Waals surface area contributed by atoms with Crippen LogP contribution in [0.15, 0.2) is 15.8 Å². The Morgan fingerprint density at radius 1 is 1.22 bits per heavy atom. The fourth-order valence-electron chi connectivity index (χ4n) is 2.74. The first-order valence-electron chi connectivity index (χ1n) is 6.78. The molecule has 1 aromatic rings. The van der Waals surface area contributed by atoms with Crippen molar-refractivity contribution in [3.8, 4) is 0 Å². The normalized spacial score (nSPS) is 27.4. The molecule has 1 atom stereocenters. The molecule has 2 N–H and O–H groups in total. The molecule has 3 aliphatic rings. The Morgan fingerprint density at radius 3 is 2.83 bits per heavy atom. The van der Waals surface area contributed by atoms with Crippen molar-refractivity contribution in [3.63, 3.8) is 0 Å². The maximum absolute atomic E-state index is 4.99. The average molecular weight is 262 g/mol. The van der Waals surface area contributed by atoms with Crippen molar-refractivity contribution < 1.29 is 0 Å². The summed E-state index contributed by atoms with van der Waals surface area (Å²) in [5.41, 5.74) is 2.60. The Hall–Kier alpha value is -1.07. The average Bonchev–Trinajstić information content (AvgIpc) is 3.17. The molecule has 2 fully saturated rings. The van der Waals surface area contributed by atoms with Crippen LogP contribution in [-0.4, -0.2) is 43.1 Å². The molecule has 0 bridgehead atoms. The molecule has 0 aromatic carbocycles. The lowest BCUT2D eigenvalue weighted by atomic mass is 10.1. The van der Waals surface area contributed by atoms with E-state index < -0.39 is 0 Å². The van der Waals surface area contributed by atoms with Gasteiger partial charge in [0.05, 0.1) is 11.3 Å². The van der Waals surface area contributed by atoms with Crippen molar-refractivity contribution in [2.24, 2.45) is 10.9 Å². The molecule has 1 aliphatic carbocycles. The fraction of sp³-hybridized carbons (Fsp3) is 0.615. The predicted octanol–water partition coefficient (Wildman–Crippen LogP) is 1.56. The van der Waals surface area contributed by atoms with Gasteiger partial charge in [-0.05, 0) is 18.8 Å². The Kier molecular flexibility index (Phi) is 2.55. The molecular formula is C13H18N4S. The van der Waals surface area contributed by atoms with Gasteiger partial charge in [0, 0.05) is 36.9 Å². The van der Waals surface area contributed by atoms with E-state index in [-0.39, 0.29) is 0 Å². The van der Waals surface area contributed by atoms with Crippen LogP contribution in [-0.2, 0) is 0 Å². The molecule has 1 unspecified atom stereocenters. The van der Waals surface area contributed by atoms with Crippen molar-refractivity contribution in [1.29, 1.82) is 0 Å². The van der Waals surface area contributed by atoms with Gasteiger partial charge >= 0.3 is 0 Å². The van der Waals surface area contributed by atoms with Gasteiger partial charge in [0.1, 0.15) is 12.0 Å². The van der Waals surface area contributed by atoms with Gasteiger partial charge < -0.3 is 15.5 Å². The third-order valence-electron chi connectivity index (χ3n) is 3.95. The first-order chi connectivity index (χ1) is 8.92. The highest BCUT2D eigenvalue weighted by molar-refractivity contribution is 7.08. The first-order valence-corrected chi connectivity index (χ1v) is 7.73. The van der Waals surface area contributed by atoms with Crippen LogP contribution in [0.5, 0.6) is 0 Å². The molecule has 1 saturated carbocycles. The summed E-state index contributed by atoms with van der Waals surface area (Å²) in [5, 5.41) is 11.4. The second-order valence-corrected chi connectivity index (χ2v) is 6.06. The Balaban J connectivity index is 1.68. The van der Waals surface area contributed by atoms with Crippen LogP contribution < -0.4 is 10.6 Å². The molecule has 0 amide bonds. The first kappa shape index (κ1) is 10.8. The van der Waals surface area contributed by atoms with Crippen LogP contribution in [0, 0.1) is 5.92 Å². The van der Waals surface area contributed by atoms with E-state index in [4.69, 9.17) is 4.99 Å². The van der Waals surface area contributed by atoms with E-state index in [0.717, 1.165) is 32.1 Å². The topological polar surface area (TPSA) is 39.7 Å². The zero-order chi connectivity index (χ0) is 11.9. The standard InChI is InChI=1S/C13H18N4S/c1-2-9(1)12-15-11-8-18-7-10(11)13(16-12)17-5-3-14-4-6-17/h7-9,12,14-15H,1-6H2. The molecule has 18 heavy (non-hydrogen) atoms. The third-order valence-corrected chi connectivity index (χ3v) is 4.70. The number of aliphatic imine (C=N–C) groups is 1. The summed E-state index contributed by atoms with van der Waals surface area (Å²) < 4.78 is 0. The Bertz CT molecular complexity index is 471. The van der Waals surface area contributed by atoms with E-state index in [1.165, 1.54) is 29.9 Å². The van der Waals surface area contributed by atoms with Crippen LogP contribution in [0.3, 0.4) is 0 Å². The van der Waals surface area contributed by atoms with Gasteiger partial charge in [-0.1, -0.05) is 0 Å². The summed E-state index contributed by atoms with van der Waals surface area (Å²) in [5.74, 6) is 1.99. The molecule has 1 saturated heterocycles. The highest BCUT2D eigenvalue weighted by Crippen LogP contribution is 2.38. The second-order valence-electron chi connectivity index (χ2n) is 5.32. The summed E-state index contributed by atoms with van der Waals surface area (Å²) in [6, 6.07) is 0. The van der Waals surface area contributed by atoms with Crippen LogP contribution in [0.25, 0.3) is 0 Å². The molecule has 3 heterocycles. The maximum atomic E-state index is 4.99. The predicted molar refractivity (Wildman–Crippen MR) is 75.4 cm³/mol. The summed E-state index contributed by atoms with van der Waals surface area (Å²) in [7, 11) is 0. The minimum atomic E-state index is 0.317. The number of fused-ring (bicyclic) bond motifs is 1. The minimum absolute atomic E-state index is 0.317. The lowest BCUT2D eigenvalue weighted by Crippen LogP contribution is -2.48. The Morgan fingerprint density at radius 2 is 2.06 bits per heavy atom. The van der Waals surface area contributed by atoms with Crippen molar-refractivity contribution >= 4 is 22.9 Å². The van der Waals surface area contributed by atoms with E-state index >= 15 is 0 Å². The number of hydrogen-bond donors (Lipinski definition) is 2. The van der Waals surface area contributed by atoms with Crippen molar-refractivity contribution in [1.82, 2.24) is 10.2 Å². The zero-order valence-corrected chi connectivity index (χ0v) is 11.2. The molecular weight excluding hydrogens is 244 g/mol. The molecule has 4 nitrogen and oxygen atoms in total. The number of nitrogens with one attached hydrogen (secondary N) is 2. The number of amidine groups is 1. The highest BCUT2D eigenvalue weighted by atomic mass is 32.1. The van der Waals surface area contributed by atoms with Gasteiger partial charge in [-0.25, -0.2) is 4.99 Å². The molecule has 2 aliphatic heterocycles. The number of anilines is 1. The molecule has 4 rings (SSSR count). The summed E-state index contributed by atoms with van der Waals surface area (Å²) in [4.78, 5) is 7.43. The molecule has 0 spiro atoms. The largest absolute Gasteiger partial charge is 0.362 e. The van der Waals surface area contributed by atoms with Gasteiger partial charge in [0.15, 0.2) is 0 Å². The van der Waals surface area contributed by atoms with Gasteiger partial charge in [-0.15, -0.1) is 11.3 Å². The molecule has 5 heteroatoms. The lowest BCUT2D eigenvalue weighted by Gasteiger charge is -2.34. The lowest BCUT2D eigenvalue weighted by molar-refractivity contribution is 0.354. The minimum Gasteiger partial charge on any atom is -0.362 e. The van der Waals surface area contributed by atoms with E-state index in [2.05, 4.69) is 26.3 Å². The van der Waals surface area contributed by atoms with Gasteiger partial charge in [0.2, 0.25) is 0 Å². The summed E-state index contributed by atoms with van der Waals surface area (Å²) in [6.45, 7) is 4.29. The van der Waals surface area contributed by atoms with E-state index in [9.17, 15) is 0 Å². The SMILES string of the molecule is c1scc2c1NC(C1CC1)N=C2N1CCNCC1. The monoisotopic (exact) mass is 262 g/mol. The zero-order valence-electron chi connectivity index (χ0n) is 10.4. The maximum Gasteiger partial charge on any atom is 0.136 e. The summed E-state index contributed by atoms with van der Waals surface area (Å²) in [6.07, 6.45) is 2.97. The van der Waals surface area contributed by atoms with Crippen LogP contribution >= 0.6 is 11.3 Å². The Labute approximate surface area is 111 Å². The van der Waals surface area contributed by atoms with Gasteiger partial charge in [-0.2, -0.15) is 0 Å². The number of nitrogens with zero attached hydrogens (tertiary/aromatic N) is 2. The highest BCUT2D eigenvalue weighted by Gasteiger charge is 2.35. The number of piperazine rings is 1. The van der Waals surface area contributed by atoms with Gasteiger partial charge in [0.25, 0.3) is 0 Å². The molecule has 96 valence electrons. The van der Waals surface area contributed by atoms with Crippen LogP contribution in [0.2, 0.25) is 0 Å². The van der Waals surface area contributed by atoms with Crippen molar-refractivity contribution in [2.75, 3.05) is 31.5 Å². The summed E-state index contributed by atoms with van der Waals surface area (Å²) >= 11 is 1.77. The quantitative estimate of drug-likeness (QED) is 0.807. The second kappa shape index (κ2) is 4.24. The molecule has 1 aromatic heterocycles. The fourth-order valence-corrected chi connectivity index (χ4v) is 3.51. The number of hydrogen-bond acceptors (Lipinski definition) is 5. The third kappa shape index (κ3) is 1.82. The van der Waals surface area contributed by atoms with Crippen molar-refractivity contribution in [3.05, 3.63) is 16.3 Å². The van der Waals surface area contributed by atoms with Gasteiger partial charge in [-0.3, -0.25) is 0 Å². The van der Waals surface area contributed by atoms with E-state index in [0.29, 0.717) is 6.17 Å². The van der Waals surface area contributed by atoms with E-state index in [1.54, 1.807) is 11.3 Å². The molecule has 0 radical (unpaired) electrons. The van der Waals surface area contributed by atoms with E-state index in [1.807, 2.05) is 0 Å².